The minimum Gasteiger partial charge on any atom is -0.497 e. The lowest BCUT2D eigenvalue weighted by Gasteiger charge is -2.25. The highest BCUT2D eigenvalue weighted by atomic mass is 16.5. The molecule has 0 bridgehead atoms. The molecule has 2 atom stereocenters. The quantitative estimate of drug-likeness (QED) is 0.213. The van der Waals surface area contributed by atoms with E-state index in [1.165, 1.54) is 12.4 Å². The van der Waals surface area contributed by atoms with Crippen molar-refractivity contribution >= 4 is 23.8 Å². The SMILES string of the molecule is COc1ccc(/C=N/NC(=O)c2cccnc2NC(=O)c2cccc(CN(CC(C)O)CC(C)O)c2)cc1. The zero-order chi connectivity index (χ0) is 27.5. The summed E-state index contributed by atoms with van der Waals surface area (Å²) in [5, 5.41) is 26.3. The normalized spacial score (nSPS) is 12.8. The van der Waals surface area contributed by atoms with Crippen LogP contribution < -0.4 is 15.5 Å². The molecular formula is C28H33N5O5. The summed E-state index contributed by atoms with van der Waals surface area (Å²) in [7, 11) is 1.58. The van der Waals surface area contributed by atoms with Crippen LogP contribution in [0.1, 0.15) is 45.7 Å². The van der Waals surface area contributed by atoms with Crippen molar-refractivity contribution in [2.45, 2.75) is 32.6 Å². The number of rotatable bonds is 12. The van der Waals surface area contributed by atoms with E-state index < -0.39 is 24.0 Å². The number of ether oxygens (including phenoxy) is 1. The van der Waals surface area contributed by atoms with Gasteiger partial charge in [-0.15, -0.1) is 0 Å². The third kappa shape index (κ3) is 8.77. The Morgan fingerprint density at radius 2 is 1.74 bits per heavy atom. The molecule has 200 valence electrons. The van der Waals surface area contributed by atoms with Gasteiger partial charge >= 0.3 is 0 Å². The van der Waals surface area contributed by atoms with E-state index in [9.17, 15) is 19.8 Å². The van der Waals surface area contributed by atoms with Crippen molar-refractivity contribution in [2.24, 2.45) is 5.10 Å². The van der Waals surface area contributed by atoms with Gasteiger partial charge in [0.15, 0.2) is 0 Å². The van der Waals surface area contributed by atoms with E-state index >= 15 is 0 Å². The first-order valence-corrected chi connectivity index (χ1v) is 12.2. The summed E-state index contributed by atoms with van der Waals surface area (Å²) in [6, 6.07) is 17.3. The first-order valence-electron chi connectivity index (χ1n) is 12.2. The van der Waals surface area contributed by atoms with Crippen LogP contribution in [0.25, 0.3) is 0 Å². The molecule has 38 heavy (non-hydrogen) atoms. The average molecular weight is 520 g/mol. The van der Waals surface area contributed by atoms with Crippen molar-refractivity contribution in [3.63, 3.8) is 0 Å². The number of hydrogen-bond acceptors (Lipinski definition) is 8. The average Bonchev–Trinajstić information content (AvgIpc) is 2.88. The molecule has 2 aromatic carbocycles. The number of carbonyl (C=O) groups excluding carboxylic acids is 2. The maximum absolute atomic E-state index is 13.0. The minimum atomic E-state index is -0.561. The maximum Gasteiger partial charge on any atom is 0.275 e. The summed E-state index contributed by atoms with van der Waals surface area (Å²) in [4.78, 5) is 31.8. The van der Waals surface area contributed by atoms with Crippen LogP contribution >= 0.6 is 0 Å². The maximum atomic E-state index is 13.0. The Hall–Kier alpha value is -4.12. The second-order valence-electron chi connectivity index (χ2n) is 8.92. The summed E-state index contributed by atoms with van der Waals surface area (Å²) in [6.07, 6.45) is 1.85. The molecule has 2 amide bonds. The predicted octanol–water partition coefficient (Wildman–Crippen LogP) is 2.67. The molecule has 1 heterocycles. The van der Waals surface area contributed by atoms with Crippen molar-refractivity contribution in [1.82, 2.24) is 15.3 Å². The molecular weight excluding hydrogens is 486 g/mol. The number of anilines is 1. The number of nitrogens with zero attached hydrogens (tertiary/aromatic N) is 3. The van der Waals surface area contributed by atoms with Gasteiger partial charge in [0.25, 0.3) is 11.8 Å². The van der Waals surface area contributed by atoms with E-state index in [1.54, 1.807) is 75.6 Å². The van der Waals surface area contributed by atoms with E-state index in [0.717, 1.165) is 11.1 Å². The van der Waals surface area contributed by atoms with Gasteiger partial charge in [0.2, 0.25) is 0 Å². The molecule has 0 saturated heterocycles. The summed E-state index contributed by atoms with van der Waals surface area (Å²) < 4.78 is 5.12. The van der Waals surface area contributed by atoms with Crippen molar-refractivity contribution in [3.05, 3.63) is 89.1 Å². The lowest BCUT2D eigenvalue weighted by Crippen LogP contribution is -2.35. The van der Waals surface area contributed by atoms with Gasteiger partial charge in [-0.25, -0.2) is 10.4 Å². The smallest absolute Gasteiger partial charge is 0.275 e. The number of methoxy groups -OCH3 is 1. The Labute approximate surface area is 222 Å². The number of pyridine rings is 1. The number of aliphatic hydroxyl groups is 2. The van der Waals surface area contributed by atoms with Crippen molar-refractivity contribution in [2.75, 3.05) is 25.5 Å². The molecule has 3 aromatic rings. The number of aliphatic hydroxyl groups excluding tert-OH is 2. The summed E-state index contributed by atoms with van der Waals surface area (Å²) in [5.74, 6) is -0.146. The van der Waals surface area contributed by atoms with E-state index in [-0.39, 0.29) is 11.4 Å². The van der Waals surface area contributed by atoms with Crippen LogP contribution in [0, 0.1) is 0 Å². The molecule has 4 N–H and O–H groups in total. The molecule has 0 aliphatic rings. The zero-order valence-electron chi connectivity index (χ0n) is 21.7. The first kappa shape index (κ1) is 28.5. The van der Waals surface area contributed by atoms with Gasteiger partial charge in [0.1, 0.15) is 11.6 Å². The van der Waals surface area contributed by atoms with E-state index in [1.807, 2.05) is 11.0 Å². The Morgan fingerprint density at radius 1 is 1.03 bits per heavy atom. The molecule has 2 unspecified atom stereocenters. The third-order valence-corrected chi connectivity index (χ3v) is 5.42. The van der Waals surface area contributed by atoms with Crippen molar-refractivity contribution in [3.8, 4) is 5.75 Å². The van der Waals surface area contributed by atoms with Crippen LogP contribution in [0.2, 0.25) is 0 Å². The molecule has 1 aromatic heterocycles. The topological polar surface area (TPSA) is 136 Å². The molecule has 3 rings (SSSR count). The molecule has 10 heteroatoms. The number of carbonyl (C=O) groups is 2. The fourth-order valence-electron chi connectivity index (χ4n) is 3.80. The predicted molar refractivity (Wildman–Crippen MR) is 145 cm³/mol. The van der Waals surface area contributed by atoms with Crippen molar-refractivity contribution < 1.29 is 24.5 Å². The molecule has 0 spiro atoms. The second-order valence-corrected chi connectivity index (χ2v) is 8.92. The highest BCUT2D eigenvalue weighted by Crippen LogP contribution is 2.15. The van der Waals surface area contributed by atoms with Crippen LogP contribution in [-0.2, 0) is 6.54 Å². The fraction of sp³-hybridized carbons (Fsp3) is 0.286. The van der Waals surface area contributed by atoms with Gasteiger partial charge in [-0.1, -0.05) is 12.1 Å². The lowest BCUT2D eigenvalue weighted by molar-refractivity contribution is 0.0793. The highest BCUT2D eigenvalue weighted by molar-refractivity contribution is 6.08. The minimum absolute atomic E-state index is 0.102. The monoisotopic (exact) mass is 519 g/mol. The third-order valence-electron chi connectivity index (χ3n) is 5.42. The van der Waals surface area contributed by atoms with Gasteiger partial charge in [0.05, 0.1) is 31.1 Å². The summed E-state index contributed by atoms with van der Waals surface area (Å²) in [6.45, 7) is 4.58. The van der Waals surface area contributed by atoms with Crippen LogP contribution in [0.4, 0.5) is 5.82 Å². The molecule has 0 aliphatic carbocycles. The Bertz CT molecular complexity index is 1230. The van der Waals surface area contributed by atoms with Crippen LogP contribution in [0.3, 0.4) is 0 Å². The van der Waals surface area contributed by atoms with Gasteiger partial charge < -0.3 is 20.3 Å². The van der Waals surface area contributed by atoms with Gasteiger partial charge in [-0.05, 0) is 73.5 Å². The first-order chi connectivity index (χ1) is 18.2. The Morgan fingerprint density at radius 3 is 2.39 bits per heavy atom. The van der Waals surface area contributed by atoms with Crippen LogP contribution in [0.15, 0.2) is 72.0 Å². The molecule has 0 radical (unpaired) electrons. The second kappa shape index (κ2) is 14.0. The van der Waals surface area contributed by atoms with Crippen molar-refractivity contribution in [1.29, 1.82) is 0 Å². The number of nitrogens with one attached hydrogen (secondary N) is 2. The molecule has 0 fully saturated rings. The largest absolute Gasteiger partial charge is 0.497 e. The van der Waals surface area contributed by atoms with E-state index in [2.05, 4.69) is 20.8 Å². The lowest BCUT2D eigenvalue weighted by atomic mass is 10.1. The number of hydrazone groups is 1. The van der Waals surface area contributed by atoms with E-state index in [4.69, 9.17) is 4.74 Å². The van der Waals surface area contributed by atoms with E-state index in [0.29, 0.717) is 30.9 Å². The van der Waals surface area contributed by atoms with Crippen LogP contribution in [-0.4, -0.2) is 70.5 Å². The fourth-order valence-corrected chi connectivity index (χ4v) is 3.80. The number of aromatic nitrogens is 1. The van der Waals surface area contributed by atoms with Gasteiger partial charge in [0, 0.05) is 31.4 Å². The zero-order valence-corrected chi connectivity index (χ0v) is 21.7. The molecule has 10 nitrogen and oxygen atoms in total. The molecule has 0 aliphatic heterocycles. The summed E-state index contributed by atoms with van der Waals surface area (Å²) in [5.41, 5.74) is 4.60. The standard InChI is InChI=1S/C28H33N5O5/c1-19(34)16-33(17-20(2)35)18-22-6-4-7-23(14-22)27(36)31-26-25(8-5-13-29-26)28(37)32-30-15-21-9-11-24(38-3)12-10-21/h4-15,19-20,34-35H,16-18H2,1-3H3,(H,32,37)(H,29,31,36)/b30-15+. The van der Waals surface area contributed by atoms with Crippen LogP contribution in [0.5, 0.6) is 5.75 Å². The summed E-state index contributed by atoms with van der Waals surface area (Å²) >= 11 is 0. The van der Waals surface area contributed by atoms with Gasteiger partial charge in [-0.2, -0.15) is 5.10 Å². The number of hydrogen-bond donors (Lipinski definition) is 4. The highest BCUT2D eigenvalue weighted by Gasteiger charge is 2.17. The Balaban J connectivity index is 1.68. The molecule has 0 saturated carbocycles. The van der Waals surface area contributed by atoms with Gasteiger partial charge in [-0.3, -0.25) is 14.5 Å². The number of amides is 2. The Kier molecular flexibility index (Phi) is 10.5. The number of benzene rings is 2.